The van der Waals surface area contributed by atoms with E-state index in [9.17, 15) is 13.5 Å². The van der Waals surface area contributed by atoms with Gasteiger partial charge in [-0.3, -0.25) is 0 Å². The molecule has 1 aliphatic rings. The summed E-state index contributed by atoms with van der Waals surface area (Å²) in [5.74, 6) is 0.240. The predicted octanol–water partition coefficient (Wildman–Crippen LogP) is 0.467. The molecule has 2 N–H and O–H groups in total. The monoisotopic (exact) mass is 296 g/mol. The first-order valence-corrected chi connectivity index (χ1v) is 8.21. The van der Waals surface area contributed by atoms with Crippen LogP contribution < -0.4 is 5.32 Å². The van der Waals surface area contributed by atoms with Crippen LogP contribution in [0.15, 0.2) is 11.4 Å². The standard InChI is InChI=1S/C12H16N4O3S/c1-20(18,19)12-14-7-8(6-13)11(16-12)15-9-2-4-10(17)5-3-9/h7,9-10,17H,2-5H2,1H3,(H,14,15,16). The SMILES string of the molecule is CS(=O)(=O)c1ncc(C#N)c(NC2CCC(O)CC2)n1. The molecule has 0 atom stereocenters. The first-order valence-electron chi connectivity index (χ1n) is 6.32. The molecule has 108 valence electrons. The van der Waals surface area contributed by atoms with Gasteiger partial charge in [-0.15, -0.1) is 0 Å². The fourth-order valence-corrected chi connectivity index (χ4v) is 2.65. The van der Waals surface area contributed by atoms with Crippen molar-refractivity contribution in [2.45, 2.75) is 43.0 Å². The Morgan fingerprint density at radius 2 is 2.05 bits per heavy atom. The molecule has 7 nitrogen and oxygen atoms in total. The first kappa shape index (κ1) is 14.7. The number of nitriles is 1. The minimum absolute atomic E-state index is 0.0767. The zero-order valence-electron chi connectivity index (χ0n) is 11.1. The number of rotatable bonds is 3. The van der Waals surface area contributed by atoms with Gasteiger partial charge in [-0.2, -0.15) is 10.2 Å². The molecule has 2 rings (SSSR count). The van der Waals surface area contributed by atoms with Gasteiger partial charge < -0.3 is 10.4 Å². The maximum Gasteiger partial charge on any atom is 0.248 e. The Kier molecular flexibility index (Phi) is 4.20. The minimum Gasteiger partial charge on any atom is -0.393 e. The average molecular weight is 296 g/mol. The van der Waals surface area contributed by atoms with Crippen molar-refractivity contribution >= 4 is 15.7 Å². The van der Waals surface area contributed by atoms with E-state index in [1.807, 2.05) is 6.07 Å². The molecule has 0 unspecified atom stereocenters. The number of hydrogen-bond donors (Lipinski definition) is 2. The van der Waals surface area contributed by atoms with Crippen LogP contribution in [0.5, 0.6) is 0 Å². The molecule has 1 aliphatic carbocycles. The second-order valence-electron chi connectivity index (χ2n) is 4.95. The zero-order valence-corrected chi connectivity index (χ0v) is 11.9. The summed E-state index contributed by atoms with van der Waals surface area (Å²) in [7, 11) is -3.51. The Hall–Kier alpha value is -1.72. The number of hydrogen-bond acceptors (Lipinski definition) is 7. The van der Waals surface area contributed by atoms with Crippen LogP contribution in [0.4, 0.5) is 5.82 Å². The predicted molar refractivity (Wildman–Crippen MR) is 71.7 cm³/mol. The number of anilines is 1. The molecule has 1 fully saturated rings. The smallest absolute Gasteiger partial charge is 0.248 e. The van der Waals surface area contributed by atoms with Crippen molar-refractivity contribution in [3.05, 3.63) is 11.8 Å². The van der Waals surface area contributed by atoms with E-state index in [1.54, 1.807) is 0 Å². The number of aliphatic hydroxyl groups is 1. The fourth-order valence-electron chi connectivity index (χ4n) is 2.15. The number of nitrogens with one attached hydrogen (secondary N) is 1. The summed E-state index contributed by atoms with van der Waals surface area (Å²) >= 11 is 0. The van der Waals surface area contributed by atoms with Gasteiger partial charge in [-0.1, -0.05) is 0 Å². The lowest BCUT2D eigenvalue weighted by Crippen LogP contribution is -2.29. The molecule has 0 spiro atoms. The Bertz CT molecular complexity index is 631. The molecule has 0 amide bonds. The zero-order chi connectivity index (χ0) is 14.8. The molecular weight excluding hydrogens is 280 g/mol. The lowest BCUT2D eigenvalue weighted by molar-refractivity contribution is 0.126. The van der Waals surface area contributed by atoms with Crippen molar-refractivity contribution in [1.29, 1.82) is 5.26 Å². The van der Waals surface area contributed by atoms with Gasteiger partial charge in [0.2, 0.25) is 15.0 Å². The van der Waals surface area contributed by atoms with Gasteiger partial charge in [0.15, 0.2) is 0 Å². The summed E-state index contributed by atoms with van der Waals surface area (Å²) in [6.07, 6.45) is 4.83. The Morgan fingerprint density at radius 1 is 1.40 bits per heavy atom. The molecular formula is C12H16N4O3S. The van der Waals surface area contributed by atoms with Crippen molar-refractivity contribution in [2.75, 3.05) is 11.6 Å². The molecule has 0 radical (unpaired) electrons. The number of nitrogens with zero attached hydrogens (tertiary/aromatic N) is 3. The van der Waals surface area contributed by atoms with Crippen LogP contribution in [0, 0.1) is 11.3 Å². The first-order chi connectivity index (χ1) is 9.40. The molecule has 1 heterocycles. The van der Waals surface area contributed by atoms with Gasteiger partial charge in [0.1, 0.15) is 17.5 Å². The largest absolute Gasteiger partial charge is 0.393 e. The highest BCUT2D eigenvalue weighted by Crippen LogP contribution is 2.23. The highest BCUT2D eigenvalue weighted by atomic mass is 32.2. The third-order valence-electron chi connectivity index (χ3n) is 3.26. The molecule has 0 aliphatic heterocycles. The Morgan fingerprint density at radius 3 is 2.60 bits per heavy atom. The topological polar surface area (TPSA) is 116 Å². The van der Waals surface area contributed by atoms with Gasteiger partial charge >= 0.3 is 0 Å². The maximum atomic E-state index is 11.5. The van der Waals surface area contributed by atoms with Crippen LogP contribution in [-0.4, -0.2) is 41.9 Å². The minimum atomic E-state index is -3.51. The van der Waals surface area contributed by atoms with Crippen LogP contribution in [0.1, 0.15) is 31.2 Å². The molecule has 1 aromatic heterocycles. The van der Waals surface area contributed by atoms with E-state index >= 15 is 0 Å². The quantitative estimate of drug-likeness (QED) is 0.779. The van der Waals surface area contributed by atoms with Crippen LogP contribution in [-0.2, 0) is 9.84 Å². The maximum absolute atomic E-state index is 11.5. The van der Waals surface area contributed by atoms with Crippen molar-refractivity contribution < 1.29 is 13.5 Å². The summed E-state index contributed by atoms with van der Waals surface area (Å²) in [5.41, 5.74) is 0.212. The molecule has 0 saturated heterocycles. The van der Waals surface area contributed by atoms with E-state index in [0.717, 1.165) is 19.1 Å². The van der Waals surface area contributed by atoms with Crippen molar-refractivity contribution in [1.82, 2.24) is 9.97 Å². The van der Waals surface area contributed by atoms with Gasteiger partial charge in [-0.25, -0.2) is 13.4 Å². The second-order valence-corrected chi connectivity index (χ2v) is 6.86. The summed E-state index contributed by atoms with van der Waals surface area (Å²) in [5, 5.41) is 21.3. The molecule has 1 aromatic rings. The second kappa shape index (κ2) is 5.73. The third-order valence-corrected chi connectivity index (χ3v) is 4.12. The van der Waals surface area contributed by atoms with E-state index < -0.39 is 9.84 Å². The number of aliphatic hydroxyl groups excluding tert-OH is 1. The Balaban J connectivity index is 2.23. The average Bonchev–Trinajstić information content (AvgIpc) is 2.40. The van der Waals surface area contributed by atoms with E-state index in [-0.39, 0.29) is 28.7 Å². The summed E-state index contributed by atoms with van der Waals surface area (Å²) in [6, 6.07) is 2.02. The summed E-state index contributed by atoms with van der Waals surface area (Å²) in [4.78, 5) is 7.62. The Labute approximate surface area is 117 Å². The molecule has 0 bridgehead atoms. The normalized spacial score (nSPS) is 23.1. The van der Waals surface area contributed by atoms with Crippen LogP contribution in [0.2, 0.25) is 0 Å². The van der Waals surface area contributed by atoms with E-state index in [0.29, 0.717) is 12.8 Å². The summed E-state index contributed by atoms with van der Waals surface area (Å²) < 4.78 is 22.9. The van der Waals surface area contributed by atoms with Gasteiger partial charge in [0.25, 0.3) is 0 Å². The lowest BCUT2D eigenvalue weighted by atomic mass is 9.93. The van der Waals surface area contributed by atoms with E-state index in [2.05, 4.69) is 15.3 Å². The van der Waals surface area contributed by atoms with Crippen molar-refractivity contribution in [2.24, 2.45) is 0 Å². The van der Waals surface area contributed by atoms with Crippen molar-refractivity contribution in [3.8, 4) is 6.07 Å². The van der Waals surface area contributed by atoms with Crippen LogP contribution in [0.25, 0.3) is 0 Å². The molecule has 20 heavy (non-hydrogen) atoms. The van der Waals surface area contributed by atoms with Gasteiger partial charge in [0.05, 0.1) is 12.3 Å². The molecule has 8 heteroatoms. The molecule has 1 saturated carbocycles. The van der Waals surface area contributed by atoms with E-state index in [1.165, 1.54) is 6.20 Å². The molecule has 0 aromatic carbocycles. The van der Waals surface area contributed by atoms with E-state index in [4.69, 9.17) is 5.26 Å². The summed E-state index contributed by atoms with van der Waals surface area (Å²) in [6.45, 7) is 0. The third kappa shape index (κ3) is 3.43. The number of aromatic nitrogens is 2. The number of sulfone groups is 1. The van der Waals surface area contributed by atoms with Crippen molar-refractivity contribution in [3.63, 3.8) is 0 Å². The lowest BCUT2D eigenvalue weighted by Gasteiger charge is -2.26. The van der Waals surface area contributed by atoms with Gasteiger partial charge in [0, 0.05) is 12.3 Å². The van der Waals surface area contributed by atoms with Crippen LogP contribution >= 0.6 is 0 Å². The van der Waals surface area contributed by atoms with Crippen LogP contribution in [0.3, 0.4) is 0 Å². The highest BCUT2D eigenvalue weighted by Gasteiger charge is 2.22. The van der Waals surface area contributed by atoms with Gasteiger partial charge in [-0.05, 0) is 25.7 Å². The highest BCUT2D eigenvalue weighted by molar-refractivity contribution is 7.90. The fraction of sp³-hybridized carbons (Fsp3) is 0.583.